The second-order valence-corrected chi connectivity index (χ2v) is 10.5. The number of methoxy groups -OCH3 is 1. The van der Waals surface area contributed by atoms with Crippen LogP contribution in [0.4, 0.5) is 5.69 Å². The van der Waals surface area contributed by atoms with Crippen LogP contribution in [-0.2, 0) is 28.0 Å². The summed E-state index contributed by atoms with van der Waals surface area (Å²) in [6.07, 6.45) is 1.77. The molecule has 1 N–H and O–H groups in total. The van der Waals surface area contributed by atoms with Crippen molar-refractivity contribution < 1.29 is 19.0 Å². The molecular weight excluding hydrogens is 518 g/mol. The molecule has 0 unspecified atom stereocenters. The van der Waals surface area contributed by atoms with Gasteiger partial charge in [0.1, 0.15) is 11.2 Å². The molecule has 1 saturated heterocycles. The number of morpholine rings is 1. The second-order valence-electron chi connectivity index (χ2n) is 10.5. The van der Waals surface area contributed by atoms with Crippen molar-refractivity contribution in [2.24, 2.45) is 0 Å². The first-order chi connectivity index (χ1) is 20.0. The highest BCUT2D eigenvalue weighted by Crippen LogP contribution is 2.34. The normalized spacial score (nSPS) is 18.4. The van der Waals surface area contributed by atoms with E-state index in [1.807, 2.05) is 43.3 Å². The smallest absolute Gasteiger partial charge is 0.251 e. The molecule has 4 aromatic rings. The summed E-state index contributed by atoms with van der Waals surface area (Å²) >= 11 is 0. The molecule has 4 heterocycles. The number of amides is 1. The van der Waals surface area contributed by atoms with Crippen LogP contribution < -0.4 is 15.0 Å². The van der Waals surface area contributed by atoms with E-state index in [9.17, 15) is 10.1 Å². The summed E-state index contributed by atoms with van der Waals surface area (Å²) < 4.78 is 16.8. The van der Waals surface area contributed by atoms with E-state index in [0.29, 0.717) is 24.5 Å². The molecule has 0 radical (unpaired) electrons. The van der Waals surface area contributed by atoms with Gasteiger partial charge in [0.05, 0.1) is 63.1 Å². The quantitative estimate of drug-likeness (QED) is 0.377. The highest BCUT2D eigenvalue weighted by atomic mass is 16.5. The number of nitriles is 1. The van der Waals surface area contributed by atoms with E-state index >= 15 is 0 Å². The van der Waals surface area contributed by atoms with E-state index < -0.39 is 5.41 Å². The molecular formula is C32H31N5O4. The van der Waals surface area contributed by atoms with Crippen LogP contribution in [0.15, 0.2) is 60.8 Å². The Kier molecular flexibility index (Phi) is 7.26. The maximum absolute atomic E-state index is 13.0. The third-order valence-corrected chi connectivity index (χ3v) is 7.76. The number of aromatic nitrogens is 2. The number of fused-ring (bicyclic) bond motifs is 2. The third kappa shape index (κ3) is 5.32. The van der Waals surface area contributed by atoms with Gasteiger partial charge in [0, 0.05) is 47.6 Å². The highest BCUT2D eigenvalue weighted by molar-refractivity contribution is 5.94. The van der Waals surface area contributed by atoms with Crippen LogP contribution in [0.1, 0.15) is 34.1 Å². The van der Waals surface area contributed by atoms with Gasteiger partial charge in [-0.1, -0.05) is 6.07 Å². The molecule has 6 rings (SSSR count). The minimum atomic E-state index is -0.779. The van der Waals surface area contributed by atoms with Crippen molar-refractivity contribution in [3.8, 4) is 23.1 Å². The zero-order valence-electron chi connectivity index (χ0n) is 23.1. The molecule has 0 bridgehead atoms. The molecule has 2 aromatic heterocycles. The van der Waals surface area contributed by atoms with Crippen LogP contribution in [-0.4, -0.2) is 55.9 Å². The Morgan fingerprint density at radius 1 is 1.12 bits per heavy atom. The lowest BCUT2D eigenvalue weighted by Gasteiger charge is -2.30. The molecule has 1 fully saturated rings. The van der Waals surface area contributed by atoms with Gasteiger partial charge in [-0.25, -0.2) is 4.98 Å². The summed E-state index contributed by atoms with van der Waals surface area (Å²) in [5.41, 5.74) is 5.76. The fourth-order valence-corrected chi connectivity index (χ4v) is 5.38. The maximum atomic E-state index is 13.0. The number of pyridine rings is 2. The zero-order chi connectivity index (χ0) is 28.4. The Bertz CT molecular complexity index is 1660. The summed E-state index contributed by atoms with van der Waals surface area (Å²) in [6.45, 7) is 5.96. The van der Waals surface area contributed by atoms with E-state index in [4.69, 9.17) is 19.2 Å². The Balaban J connectivity index is 1.20. The Morgan fingerprint density at radius 3 is 2.78 bits per heavy atom. The van der Waals surface area contributed by atoms with Gasteiger partial charge in [0.15, 0.2) is 0 Å². The van der Waals surface area contributed by atoms with Crippen molar-refractivity contribution >= 4 is 22.5 Å². The van der Waals surface area contributed by atoms with Crippen LogP contribution in [0.25, 0.3) is 22.2 Å². The molecule has 2 aliphatic heterocycles. The van der Waals surface area contributed by atoms with E-state index in [-0.39, 0.29) is 12.5 Å². The molecule has 9 heteroatoms. The van der Waals surface area contributed by atoms with Gasteiger partial charge in [-0.2, -0.15) is 5.26 Å². The Labute approximate surface area is 238 Å². The summed E-state index contributed by atoms with van der Waals surface area (Å²) in [5.74, 6) is 0.528. The molecule has 1 atom stereocenters. The molecule has 0 aliphatic carbocycles. The summed E-state index contributed by atoms with van der Waals surface area (Å²) in [4.78, 5) is 24.7. The highest BCUT2D eigenvalue weighted by Gasteiger charge is 2.33. The molecule has 2 aromatic carbocycles. The van der Waals surface area contributed by atoms with Crippen molar-refractivity contribution in [1.29, 1.82) is 5.26 Å². The first kappa shape index (κ1) is 26.7. The Hall–Kier alpha value is -4.52. The summed E-state index contributed by atoms with van der Waals surface area (Å²) in [5, 5.41) is 13.6. The number of carbonyl (C=O) groups is 1. The van der Waals surface area contributed by atoms with Gasteiger partial charge in [-0.05, 0) is 60.5 Å². The minimum Gasteiger partial charge on any atom is -0.496 e. The van der Waals surface area contributed by atoms with Crippen LogP contribution in [0.5, 0.6) is 5.75 Å². The molecule has 2 aliphatic rings. The lowest BCUT2D eigenvalue weighted by molar-refractivity contribution is 0.0757. The summed E-state index contributed by atoms with van der Waals surface area (Å²) in [7, 11) is 1.67. The van der Waals surface area contributed by atoms with Crippen LogP contribution in [0.2, 0.25) is 0 Å². The Morgan fingerprint density at radius 2 is 1.98 bits per heavy atom. The van der Waals surface area contributed by atoms with Crippen molar-refractivity contribution in [3.05, 3.63) is 83.2 Å². The molecule has 0 saturated carbocycles. The van der Waals surface area contributed by atoms with Gasteiger partial charge >= 0.3 is 0 Å². The standard InChI is InChI=1S/C32H31N5O4/c1-32(19-33)20-41-18-23-4-3-21(13-27(23)32)31(38)35-17-24-14-29-22(16-34-24)5-8-28(36-29)26-7-6-25(15-30(26)39-2)37-9-11-40-12-10-37/h3-8,13-16H,9-12,17-18,20H2,1-2H3,(H,35,38)/t32-/m1/s1. The maximum Gasteiger partial charge on any atom is 0.251 e. The number of benzene rings is 2. The number of rotatable bonds is 6. The predicted molar refractivity (Wildman–Crippen MR) is 155 cm³/mol. The van der Waals surface area contributed by atoms with Gasteiger partial charge in [-0.15, -0.1) is 0 Å². The van der Waals surface area contributed by atoms with Crippen LogP contribution >= 0.6 is 0 Å². The lowest BCUT2D eigenvalue weighted by atomic mass is 9.79. The van der Waals surface area contributed by atoms with Gasteiger partial charge in [-0.3, -0.25) is 9.78 Å². The van der Waals surface area contributed by atoms with E-state index in [0.717, 1.165) is 71.0 Å². The van der Waals surface area contributed by atoms with Crippen LogP contribution in [0, 0.1) is 11.3 Å². The average molecular weight is 550 g/mol. The number of nitrogens with zero attached hydrogens (tertiary/aromatic N) is 4. The van der Waals surface area contributed by atoms with Gasteiger partial charge in [0.2, 0.25) is 0 Å². The van der Waals surface area contributed by atoms with Crippen molar-refractivity contribution in [1.82, 2.24) is 15.3 Å². The molecule has 9 nitrogen and oxygen atoms in total. The fraction of sp³-hybridized carbons (Fsp3) is 0.312. The minimum absolute atomic E-state index is 0.228. The third-order valence-electron chi connectivity index (χ3n) is 7.76. The van der Waals surface area contributed by atoms with Crippen molar-refractivity contribution in [3.63, 3.8) is 0 Å². The fourth-order valence-electron chi connectivity index (χ4n) is 5.38. The monoisotopic (exact) mass is 549 g/mol. The van der Waals surface area contributed by atoms with E-state index in [2.05, 4.69) is 27.3 Å². The SMILES string of the molecule is COc1cc(N2CCOCC2)ccc1-c1ccc2cnc(CNC(=O)c3ccc4c(c3)[C@](C)(C#N)COC4)cc2n1. The average Bonchev–Trinajstić information content (AvgIpc) is 3.03. The molecule has 41 heavy (non-hydrogen) atoms. The molecule has 0 spiro atoms. The number of hydrogen-bond acceptors (Lipinski definition) is 8. The van der Waals surface area contributed by atoms with Crippen LogP contribution in [0.3, 0.4) is 0 Å². The van der Waals surface area contributed by atoms with E-state index in [1.165, 1.54) is 0 Å². The van der Waals surface area contributed by atoms with Gasteiger partial charge in [0.25, 0.3) is 5.91 Å². The number of ether oxygens (including phenoxy) is 3. The number of nitrogens with one attached hydrogen (secondary N) is 1. The first-order valence-corrected chi connectivity index (χ1v) is 13.6. The van der Waals surface area contributed by atoms with E-state index in [1.54, 1.807) is 25.4 Å². The second kappa shape index (κ2) is 11.2. The zero-order valence-corrected chi connectivity index (χ0v) is 23.1. The molecule has 1 amide bonds. The summed E-state index contributed by atoms with van der Waals surface area (Å²) in [6, 6.07) is 19.8. The van der Waals surface area contributed by atoms with Crippen molar-refractivity contribution in [2.75, 3.05) is 44.9 Å². The number of anilines is 1. The molecule has 208 valence electrons. The number of hydrogen-bond donors (Lipinski definition) is 1. The predicted octanol–water partition coefficient (Wildman–Crippen LogP) is 4.38. The van der Waals surface area contributed by atoms with Crippen molar-refractivity contribution in [2.45, 2.75) is 25.5 Å². The lowest BCUT2D eigenvalue weighted by Crippen LogP contribution is -2.36. The largest absolute Gasteiger partial charge is 0.496 e. The number of carbonyl (C=O) groups excluding carboxylic acids is 1. The first-order valence-electron chi connectivity index (χ1n) is 13.6. The topological polar surface area (TPSA) is 110 Å². The van der Waals surface area contributed by atoms with Gasteiger partial charge < -0.3 is 24.4 Å².